The van der Waals surface area contributed by atoms with Gasteiger partial charge in [0.2, 0.25) is 11.8 Å². The van der Waals surface area contributed by atoms with E-state index in [9.17, 15) is 24.3 Å². The standard InChI is InChI=1S/C43H51N9O5/c1-48(37-10-11-40(55)45-42(37)56)43(57)31-14-28(9-8-27(31)24-53)51-17-25-6-7-26(18-51)32(25)20-50-22-34-33(35(34)23-50)21-49-12-13-52-29(19-49)16-44-41-38(52)15-36(46-47-41)30-4-2-3-5-39(30)54/h2-5,8-9,14-15,24-26,29,32-35,37,54H,6-7,10-13,16-23H2,1H3,(H,44,47)(H,45,55,56)/t25?,26?,29-,32?,33-,34-,35+,37?/m0/s1. The number of nitrogens with one attached hydrogen (secondary N) is 2. The summed E-state index contributed by atoms with van der Waals surface area (Å²) in [5, 5.41) is 25.2. The molecule has 7 atom stereocenters. The van der Waals surface area contributed by atoms with E-state index in [4.69, 9.17) is 0 Å². The fourth-order valence-corrected chi connectivity index (χ4v) is 11.3. The second-order valence-corrected chi connectivity index (χ2v) is 17.6. The summed E-state index contributed by atoms with van der Waals surface area (Å²) in [4.78, 5) is 61.5. The van der Waals surface area contributed by atoms with Crippen LogP contribution in [0.15, 0.2) is 48.5 Å². The number of piperidine rings is 3. The number of carbonyl (C=O) groups is 4. The van der Waals surface area contributed by atoms with Crippen molar-refractivity contribution in [2.75, 3.05) is 87.6 Å². The number of piperazine rings is 1. The number of likely N-dealkylation sites (tertiary alicyclic amines) is 1. The maximum atomic E-state index is 13.7. The molecule has 2 aliphatic carbocycles. The number of amides is 3. The summed E-state index contributed by atoms with van der Waals surface area (Å²) in [6, 6.07) is 14.5. The van der Waals surface area contributed by atoms with E-state index in [0.29, 0.717) is 52.5 Å². The van der Waals surface area contributed by atoms with Crippen LogP contribution in [0.1, 0.15) is 46.4 Å². The molecule has 10 rings (SSSR count). The Bertz CT molecular complexity index is 2090. The van der Waals surface area contributed by atoms with Gasteiger partial charge in [0.15, 0.2) is 12.1 Å². The molecule has 6 heterocycles. The molecule has 7 aliphatic rings. The Hall–Kier alpha value is -5.08. The van der Waals surface area contributed by atoms with Crippen LogP contribution >= 0.6 is 0 Å². The number of nitrogens with zero attached hydrogens (tertiary/aromatic N) is 7. The first-order valence-corrected chi connectivity index (χ1v) is 20.8. The molecule has 0 radical (unpaired) electrons. The molecule has 2 aromatic carbocycles. The van der Waals surface area contributed by atoms with Gasteiger partial charge in [0, 0.05) is 95.7 Å². The van der Waals surface area contributed by atoms with Crippen molar-refractivity contribution in [3.8, 4) is 17.0 Å². The fourth-order valence-electron chi connectivity index (χ4n) is 11.3. The van der Waals surface area contributed by atoms with E-state index >= 15 is 0 Å². The van der Waals surface area contributed by atoms with Crippen LogP contribution < -0.4 is 20.4 Å². The van der Waals surface area contributed by atoms with Crippen molar-refractivity contribution in [3.05, 3.63) is 59.7 Å². The number of imide groups is 1. The van der Waals surface area contributed by atoms with Gasteiger partial charge < -0.3 is 30.0 Å². The van der Waals surface area contributed by atoms with E-state index in [1.165, 1.54) is 43.9 Å². The predicted octanol–water partition coefficient (Wildman–Crippen LogP) is 2.80. The van der Waals surface area contributed by atoms with Crippen molar-refractivity contribution < 1.29 is 24.3 Å². The maximum absolute atomic E-state index is 13.7. The second kappa shape index (κ2) is 14.4. The number of phenolic OH excluding ortho intramolecular Hbond substituents is 1. The molecule has 2 bridgehead atoms. The molecule has 3 N–H and O–H groups in total. The van der Waals surface area contributed by atoms with Crippen molar-refractivity contribution in [1.29, 1.82) is 0 Å². The lowest BCUT2D eigenvalue weighted by atomic mass is 9.84. The number of aromatic nitrogens is 2. The molecule has 0 spiro atoms. The third-order valence-corrected chi connectivity index (χ3v) is 14.5. The summed E-state index contributed by atoms with van der Waals surface area (Å²) in [5.41, 5.74) is 4.01. The Morgan fingerprint density at radius 2 is 1.68 bits per heavy atom. The van der Waals surface area contributed by atoms with E-state index in [0.717, 1.165) is 74.2 Å². The predicted molar refractivity (Wildman–Crippen MR) is 214 cm³/mol. The van der Waals surface area contributed by atoms with E-state index in [1.54, 1.807) is 19.2 Å². The molecule has 3 amide bonds. The number of phenols is 1. The highest BCUT2D eigenvalue weighted by molar-refractivity contribution is 6.06. The van der Waals surface area contributed by atoms with Gasteiger partial charge in [-0.15, -0.1) is 10.2 Å². The van der Waals surface area contributed by atoms with Gasteiger partial charge in [0.25, 0.3) is 5.91 Å². The fraction of sp³-hybridized carbons (Fsp3) is 0.535. The van der Waals surface area contributed by atoms with Crippen LogP contribution in [0.25, 0.3) is 11.3 Å². The molecule has 1 aromatic heterocycles. The van der Waals surface area contributed by atoms with E-state index in [1.807, 2.05) is 30.3 Å². The number of aromatic hydroxyl groups is 1. The lowest BCUT2D eigenvalue weighted by molar-refractivity contribution is -0.136. The van der Waals surface area contributed by atoms with Gasteiger partial charge in [-0.1, -0.05) is 12.1 Å². The van der Waals surface area contributed by atoms with E-state index < -0.39 is 11.9 Å². The molecule has 298 valence electrons. The van der Waals surface area contributed by atoms with Crippen LogP contribution in [0.5, 0.6) is 5.75 Å². The minimum absolute atomic E-state index is 0.181. The van der Waals surface area contributed by atoms with Gasteiger partial charge in [-0.05, 0) is 91.2 Å². The molecule has 2 saturated carbocycles. The highest BCUT2D eigenvalue weighted by atomic mass is 16.3. The average Bonchev–Trinajstić information content (AvgIpc) is 3.53. The number of rotatable bonds is 9. The van der Waals surface area contributed by atoms with Crippen LogP contribution in [0.4, 0.5) is 17.2 Å². The zero-order chi connectivity index (χ0) is 38.9. The van der Waals surface area contributed by atoms with Crippen LogP contribution in [0.3, 0.4) is 0 Å². The number of benzene rings is 2. The Morgan fingerprint density at radius 3 is 2.44 bits per heavy atom. The van der Waals surface area contributed by atoms with Gasteiger partial charge >= 0.3 is 0 Å². The molecule has 4 saturated heterocycles. The summed E-state index contributed by atoms with van der Waals surface area (Å²) in [6.45, 7) is 10.5. The molecule has 14 nitrogen and oxygen atoms in total. The van der Waals surface area contributed by atoms with Crippen molar-refractivity contribution in [2.24, 2.45) is 35.5 Å². The zero-order valence-corrected chi connectivity index (χ0v) is 32.4. The number of para-hydroxylation sites is 1. The summed E-state index contributed by atoms with van der Waals surface area (Å²) >= 11 is 0. The van der Waals surface area contributed by atoms with E-state index in [2.05, 4.69) is 46.5 Å². The molecule has 3 unspecified atom stereocenters. The van der Waals surface area contributed by atoms with Crippen LogP contribution in [0, 0.1) is 35.5 Å². The number of hydrogen-bond donors (Lipinski definition) is 3. The average molecular weight is 774 g/mol. The van der Waals surface area contributed by atoms with Crippen LogP contribution in [-0.4, -0.2) is 139 Å². The van der Waals surface area contributed by atoms with Gasteiger partial charge in [0.05, 0.1) is 23.0 Å². The highest BCUT2D eigenvalue weighted by Gasteiger charge is 2.57. The monoisotopic (exact) mass is 773 g/mol. The van der Waals surface area contributed by atoms with Gasteiger partial charge in [-0.2, -0.15) is 0 Å². The summed E-state index contributed by atoms with van der Waals surface area (Å²) in [5.74, 6) is 4.10. The topological polar surface area (TPSA) is 155 Å². The van der Waals surface area contributed by atoms with Gasteiger partial charge in [0.1, 0.15) is 11.8 Å². The molecule has 57 heavy (non-hydrogen) atoms. The Balaban J connectivity index is 0.720. The minimum Gasteiger partial charge on any atom is -0.507 e. The van der Waals surface area contributed by atoms with Crippen molar-refractivity contribution >= 4 is 41.2 Å². The quantitative estimate of drug-likeness (QED) is 0.217. The van der Waals surface area contributed by atoms with Crippen molar-refractivity contribution in [2.45, 2.75) is 37.8 Å². The van der Waals surface area contributed by atoms with Crippen molar-refractivity contribution in [1.82, 2.24) is 30.2 Å². The number of hydrogen-bond acceptors (Lipinski definition) is 12. The summed E-state index contributed by atoms with van der Waals surface area (Å²) in [7, 11) is 1.57. The SMILES string of the molecule is CN(C(=O)c1cc(N2CC3CCC(C2)C3CN2C[C@@H]3[C@H](C2)[C@H]3CN2CCN3c4cc(-c5ccccc5O)nnc4NC[C@H]3C2)ccc1C=O)C1CCC(=O)NC1=O. The lowest BCUT2D eigenvalue weighted by Gasteiger charge is -2.46. The Labute approximate surface area is 332 Å². The first-order chi connectivity index (χ1) is 27.7. The van der Waals surface area contributed by atoms with E-state index in [-0.39, 0.29) is 30.4 Å². The third kappa shape index (κ3) is 6.60. The molecule has 6 fully saturated rings. The summed E-state index contributed by atoms with van der Waals surface area (Å²) in [6.07, 6.45) is 3.60. The first-order valence-electron chi connectivity index (χ1n) is 20.8. The highest BCUT2D eigenvalue weighted by Crippen LogP contribution is 2.53. The van der Waals surface area contributed by atoms with Gasteiger partial charge in [-0.25, -0.2) is 0 Å². The normalized spacial score (nSPS) is 30.5. The maximum Gasteiger partial charge on any atom is 0.255 e. The number of aldehydes is 1. The number of fused-ring (bicyclic) bond motifs is 6. The number of carbonyl (C=O) groups excluding carboxylic acids is 4. The van der Waals surface area contributed by atoms with Crippen LogP contribution in [0.2, 0.25) is 0 Å². The smallest absolute Gasteiger partial charge is 0.255 e. The largest absolute Gasteiger partial charge is 0.507 e. The second-order valence-electron chi connectivity index (χ2n) is 17.6. The molecule has 3 aromatic rings. The number of anilines is 3. The minimum atomic E-state index is -0.746. The van der Waals surface area contributed by atoms with Crippen LogP contribution in [-0.2, 0) is 9.59 Å². The molecular formula is C43H51N9O5. The first kappa shape index (κ1) is 36.3. The zero-order valence-electron chi connectivity index (χ0n) is 32.4. The lowest BCUT2D eigenvalue weighted by Crippen LogP contribution is -2.58. The van der Waals surface area contributed by atoms with Crippen molar-refractivity contribution in [3.63, 3.8) is 0 Å². The summed E-state index contributed by atoms with van der Waals surface area (Å²) < 4.78 is 0. The number of likely N-dealkylation sites (N-methyl/N-ethyl adjacent to an activating group) is 1. The Morgan fingerprint density at radius 1 is 0.912 bits per heavy atom. The van der Waals surface area contributed by atoms with Gasteiger partial charge in [-0.3, -0.25) is 29.4 Å². The Kier molecular flexibility index (Phi) is 9.15. The third-order valence-electron chi connectivity index (χ3n) is 14.5. The molecule has 5 aliphatic heterocycles. The molecular weight excluding hydrogens is 723 g/mol. The molecule has 14 heteroatoms.